The van der Waals surface area contributed by atoms with Gasteiger partial charge < -0.3 is 29.3 Å². The first kappa shape index (κ1) is 21.0. The number of aryl methyl sites for hydroxylation is 2. The topological polar surface area (TPSA) is 53.3 Å². The Morgan fingerprint density at radius 2 is 1.69 bits per heavy atom. The standard InChI is InChI=1S/C23H21N3O2.HI/c1-16-10-12-18(13-11-16)26-21(27)15-25-14-6-5-9-20(25)22(26)23(28)24-19-8-4-3-7-17(19)2;/h3-14,22H,15H2,1-2H3;1H. The lowest BCUT2D eigenvalue weighted by molar-refractivity contribution is -0.695. The second-order valence-electron chi connectivity index (χ2n) is 7.06. The Morgan fingerprint density at radius 3 is 2.41 bits per heavy atom. The van der Waals surface area contributed by atoms with Crippen LogP contribution in [0, 0.1) is 13.8 Å². The van der Waals surface area contributed by atoms with Gasteiger partial charge in [-0.2, -0.15) is 4.57 Å². The molecule has 4 rings (SSSR count). The molecule has 0 bridgehead atoms. The molecule has 2 amide bonds. The van der Waals surface area contributed by atoms with Crippen LogP contribution in [-0.4, -0.2) is 11.8 Å². The van der Waals surface area contributed by atoms with E-state index in [2.05, 4.69) is 5.32 Å². The predicted octanol–water partition coefficient (Wildman–Crippen LogP) is 0.322. The minimum atomic E-state index is -0.746. The van der Waals surface area contributed by atoms with Crippen molar-refractivity contribution in [2.45, 2.75) is 26.4 Å². The summed E-state index contributed by atoms with van der Waals surface area (Å²) in [5, 5.41) is 3.01. The number of fused-ring (bicyclic) bond motifs is 1. The molecule has 0 radical (unpaired) electrons. The Bertz CT molecular complexity index is 1050. The molecule has 2 heterocycles. The molecule has 1 aliphatic rings. The summed E-state index contributed by atoms with van der Waals surface area (Å²) in [5.74, 6) is -0.347. The van der Waals surface area contributed by atoms with Gasteiger partial charge in [0.15, 0.2) is 6.20 Å². The van der Waals surface area contributed by atoms with E-state index in [1.54, 1.807) is 4.90 Å². The number of halogens is 1. The van der Waals surface area contributed by atoms with E-state index in [1.165, 1.54) is 0 Å². The number of nitrogens with one attached hydrogen (secondary N) is 1. The first-order valence-electron chi connectivity index (χ1n) is 9.28. The molecule has 1 N–H and O–H groups in total. The van der Waals surface area contributed by atoms with E-state index in [0.29, 0.717) is 0 Å². The van der Waals surface area contributed by atoms with Crippen LogP contribution in [0.2, 0.25) is 0 Å². The van der Waals surface area contributed by atoms with Crippen molar-refractivity contribution in [3.8, 4) is 0 Å². The van der Waals surface area contributed by atoms with Crippen molar-refractivity contribution < 1.29 is 38.1 Å². The third-order valence-electron chi connectivity index (χ3n) is 5.05. The summed E-state index contributed by atoms with van der Waals surface area (Å²) in [4.78, 5) is 28.0. The molecule has 5 nitrogen and oxygen atoms in total. The molecule has 1 unspecified atom stereocenters. The van der Waals surface area contributed by atoms with E-state index in [9.17, 15) is 9.59 Å². The van der Waals surface area contributed by atoms with Crippen molar-refractivity contribution in [3.05, 3.63) is 89.7 Å². The number of rotatable bonds is 3. The SMILES string of the molecule is Cc1ccc(N2C(=O)C[n+]3ccccc3C2C(=O)Nc2ccccc2C)cc1.[I-]. The smallest absolute Gasteiger partial charge is 0.294 e. The number of aromatic nitrogens is 1. The van der Waals surface area contributed by atoms with Gasteiger partial charge in [-0.25, -0.2) is 0 Å². The maximum Gasteiger partial charge on any atom is 0.294 e. The summed E-state index contributed by atoms with van der Waals surface area (Å²) >= 11 is 0. The van der Waals surface area contributed by atoms with E-state index in [1.807, 2.05) is 91.3 Å². The molecular weight excluding hydrogens is 477 g/mol. The fourth-order valence-electron chi connectivity index (χ4n) is 3.54. The zero-order valence-corrected chi connectivity index (χ0v) is 18.5. The quantitative estimate of drug-likeness (QED) is 0.417. The Hall–Kier alpha value is -2.74. The Labute approximate surface area is 187 Å². The fraction of sp³-hybridized carbons (Fsp3) is 0.174. The van der Waals surface area contributed by atoms with Crippen molar-refractivity contribution in [2.24, 2.45) is 0 Å². The maximum atomic E-state index is 13.4. The lowest BCUT2D eigenvalue weighted by Crippen LogP contribution is -3.00. The van der Waals surface area contributed by atoms with E-state index in [0.717, 1.165) is 28.2 Å². The van der Waals surface area contributed by atoms with Gasteiger partial charge in [0, 0.05) is 23.5 Å². The molecule has 0 saturated heterocycles. The summed E-state index contributed by atoms with van der Waals surface area (Å²) in [6.45, 7) is 4.15. The number of carbonyl (C=O) groups is 2. The summed E-state index contributed by atoms with van der Waals surface area (Å²) in [5.41, 5.74) is 4.32. The van der Waals surface area contributed by atoms with Crippen molar-refractivity contribution in [1.29, 1.82) is 0 Å². The summed E-state index contributed by atoms with van der Waals surface area (Å²) < 4.78 is 1.84. The van der Waals surface area contributed by atoms with Crippen LogP contribution in [0.1, 0.15) is 22.9 Å². The zero-order chi connectivity index (χ0) is 19.7. The van der Waals surface area contributed by atoms with Crippen LogP contribution in [0.5, 0.6) is 0 Å². The highest BCUT2D eigenvalue weighted by Gasteiger charge is 2.43. The number of carbonyl (C=O) groups excluding carboxylic acids is 2. The average Bonchev–Trinajstić information content (AvgIpc) is 2.69. The van der Waals surface area contributed by atoms with Gasteiger partial charge in [0.05, 0.1) is 0 Å². The van der Waals surface area contributed by atoms with E-state index >= 15 is 0 Å². The Kier molecular flexibility index (Phi) is 6.32. The molecule has 3 aromatic rings. The number of anilines is 2. The molecule has 2 aromatic carbocycles. The van der Waals surface area contributed by atoms with Crippen LogP contribution in [0.4, 0.5) is 11.4 Å². The van der Waals surface area contributed by atoms with Crippen molar-refractivity contribution >= 4 is 23.2 Å². The van der Waals surface area contributed by atoms with Crippen LogP contribution in [0.3, 0.4) is 0 Å². The number of nitrogens with zero attached hydrogens (tertiary/aromatic N) is 2. The van der Waals surface area contributed by atoms with Crippen LogP contribution >= 0.6 is 0 Å². The van der Waals surface area contributed by atoms with Gasteiger partial charge in [0.1, 0.15) is 0 Å². The van der Waals surface area contributed by atoms with Gasteiger partial charge in [0.2, 0.25) is 18.3 Å². The highest BCUT2D eigenvalue weighted by molar-refractivity contribution is 6.05. The molecule has 0 fully saturated rings. The third-order valence-corrected chi connectivity index (χ3v) is 5.05. The average molecular weight is 499 g/mol. The summed E-state index contributed by atoms with van der Waals surface area (Å²) in [6.07, 6.45) is 1.84. The second-order valence-corrected chi connectivity index (χ2v) is 7.06. The Balaban J connectivity index is 0.00000240. The number of para-hydroxylation sites is 1. The van der Waals surface area contributed by atoms with Crippen molar-refractivity contribution in [2.75, 3.05) is 10.2 Å². The monoisotopic (exact) mass is 499 g/mol. The van der Waals surface area contributed by atoms with Crippen LogP contribution in [-0.2, 0) is 16.1 Å². The normalized spacial score (nSPS) is 15.3. The molecule has 6 heteroatoms. The second kappa shape index (κ2) is 8.73. The lowest BCUT2D eigenvalue weighted by Gasteiger charge is -2.32. The summed E-state index contributed by atoms with van der Waals surface area (Å²) in [6, 6.07) is 20.2. The number of amides is 2. The molecular formula is C23H22IN3O2. The minimum absolute atomic E-state index is 0. The van der Waals surface area contributed by atoms with E-state index in [-0.39, 0.29) is 42.3 Å². The summed E-state index contributed by atoms with van der Waals surface area (Å²) in [7, 11) is 0. The van der Waals surface area contributed by atoms with Crippen LogP contribution in [0.25, 0.3) is 0 Å². The van der Waals surface area contributed by atoms with Crippen molar-refractivity contribution in [3.63, 3.8) is 0 Å². The predicted molar refractivity (Wildman–Crippen MR) is 108 cm³/mol. The van der Waals surface area contributed by atoms with Gasteiger partial charge in [0.25, 0.3) is 11.8 Å². The molecule has 0 aliphatic carbocycles. The van der Waals surface area contributed by atoms with Gasteiger partial charge >= 0.3 is 0 Å². The largest absolute Gasteiger partial charge is 1.00 e. The highest BCUT2D eigenvalue weighted by Crippen LogP contribution is 2.30. The number of hydrogen-bond acceptors (Lipinski definition) is 2. The molecule has 0 spiro atoms. The molecule has 1 atom stereocenters. The van der Waals surface area contributed by atoms with E-state index in [4.69, 9.17) is 0 Å². The number of pyridine rings is 1. The van der Waals surface area contributed by atoms with E-state index < -0.39 is 6.04 Å². The minimum Gasteiger partial charge on any atom is -1.00 e. The van der Waals surface area contributed by atoms with Crippen molar-refractivity contribution in [1.82, 2.24) is 0 Å². The third kappa shape index (κ3) is 4.17. The van der Waals surface area contributed by atoms with Gasteiger partial charge in [-0.3, -0.25) is 14.5 Å². The molecule has 1 aliphatic heterocycles. The fourth-order valence-corrected chi connectivity index (χ4v) is 3.54. The number of hydrogen-bond donors (Lipinski definition) is 1. The maximum absolute atomic E-state index is 13.4. The lowest BCUT2D eigenvalue weighted by atomic mass is 10.0. The van der Waals surface area contributed by atoms with Gasteiger partial charge in [-0.1, -0.05) is 42.0 Å². The molecule has 29 heavy (non-hydrogen) atoms. The molecule has 148 valence electrons. The molecule has 1 aromatic heterocycles. The van der Waals surface area contributed by atoms with Gasteiger partial charge in [-0.05, 0) is 37.6 Å². The van der Waals surface area contributed by atoms with Crippen LogP contribution < -0.4 is 38.8 Å². The zero-order valence-electron chi connectivity index (χ0n) is 16.3. The first-order valence-corrected chi connectivity index (χ1v) is 9.28. The first-order chi connectivity index (χ1) is 13.5. The van der Waals surface area contributed by atoms with Crippen LogP contribution in [0.15, 0.2) is 72.9 Å². The van der Waals surface area contributed by atoms with Gasteiger partial charge in [-0.15, -0.1) is 0 Å². The Morgan fingerprint density at radius 1 is 1.00 bits per heavy atom. The highest BCUT2D eigenvalue weighted by atomic mass is 127. The number of benzene rings is 2. The molecule has 0 saturated carbocycles.